The molecule has 0 radical (unpaired) electrons. The summed E-state index contributed by atoms with van der Waals surface area (Å²) in [6, 6.07) is 3.58. The zero-order valence-electron chi connectivity index (χ0n) is 13.1. The predicted octanol–water partition coefficient (Wildman–Crippen LogP) is 2.57. The number of thioether (sulfide) groups is 1. The lowest BCUT2D eigenvalue weighted by atomic mass is 10.1. The first kappa shape index (κ1) is 18.5. The van der Waals surface area contributed by atoms with Gasteiger partial charge in [0.2, 0.25) is 10.0 Å². The van der Waals surface area contributed by atoms with E-state index >= 15 is 0 Å². The zero-order valence-corrected chi connectivity index (χ0v) is 14.7. The second-order valence-electron chi connectivity index (χ2n) is 5.20. The first-order chi connectivity index (χ1) is 9.92. The van der Waals surface area contributed by atoms with Crippen molar-refractivity contribution in [1.82, 2.24) is 4.72 Å². The maximum Gasteiger partial charge on any atom is 0.240 e. The molecule has 0 fully saturated rings. The van der Waals surface area contributed by atoms with Crippen LogP contribution in [0.5, 0.6) is 0 Å². The summed E-state index contributed by atoms with van der Waals surface area (Å²) >= 11 is 1.82. The average molecular weight is 331 g/mol. The molecule has 0 aliphatic carbocycles. The van der Waals surface area contributed by atoms with Crippen LogP contribution in [0.15, 0.2) is 17.0 Å². The van der Waals surface area contributed by atoms with Gasteiger partial charge in [0.25, 0.3) is 0 Å². The Morgan fingerprint density at radius 1 is 1.14 bits per heavy atom. The van der Waals surface area contributed by atoms with Crippen molar-refractivity contribution in [3.8, 4) is 0 Å². The van der Waals surface area contributed by atoms with Gasteiger partial charge in [0.05, 0.1) is 4.90 Å². The summed E-state index contributed by atoms with van der Waals surface area (Å²) in [6.07, 6.45) is 5.13. The molecule has 0 atom stereocenters. The molecule has 4 nitrogen and oxygen atoms in total. The number of hydrogen-bond acceptors (Lipinski definition) is 4. The Morgan fingerprint density at radius 2 is 1.86 bits per heavy atom. The predicted molar refractivity (Wildman–Crippen MR) is 91.2 cm³/mol. The monoisotopic (exact) mass is 330 g/mol. The summed E-state index contributed by atoms with van der Waals surface area (Å²) in [6.45, 7) is 4.61. The second-order valence-corrected chi connectivity index (χ2v) is 7.92. The molecular weight excluding hydrogens is 304 g/mol. The van der Waals surface area contributed by atoms with E-state index in [-0.39, 0.29) is 0 Å². The van der Waals surface area contributed by atoms with Crippen molar-refractivity contribution in [2.45, 2.75) is 44.6 Å². The molecule has 0 saturated carbocycles. The van der Waals surface area contributed by atoms with E-state index in [9.17, 15) is 8.42 Å². The van der Waals surface area contributed by atoms with Crippen LogP contribution in [0.1, 0.15) is 36.0 Å². The average Bonchev–Trinajstić information content (AvgIpc) is 2.42. The molecule has 6 heteroatoms. The first-order valence-electron chi connectivity index (χ1n) is 7.21. The van der Waals surface area contributed by atoms with Crippen molar-refractivity contribution in [3.05, 3.63) is 28.8 Å². The number of hydrogen-bond donors (Lipinski definition) is 2. The van der Waals surface area contributed by atoms with E-state index < -0.39 is 10.0 Å². The van der Waals surface area contributed by atoms with E-state index in [0.717, 1.165) is 41.7 Å². The summed E-state index contributed by atoms with van der Waals surface area (Å²) < 4.78 is 27.4. The molecule has 0 spiro atoms. The van der Waals surface area contributed by atoms with Crippen LogP contribution < -0.4 is 10.5 Å². The van der Waals surface area contributed by atoms with E-state index in [4.69, 9.17) is 5.73 Å². The SMILES string of the molecule is CSCCCCCNS(=O)(=O)c1cc(CN)c(C)cc1C. The third-order valence-corrected chi connectivity index (χ3v) is 5.76. The third kappa shape index (κ3) is 5.62. The Balaban J connectivity index is 2.70. The van der Waals surface area contributed by atoms with Crippen molar-refractivity contribution < 1.29 is 8.42 Å². The van der Waals surface area contributed by atoms with E-state index in [1.165, 1.54) is 0 Å². The molecule has 0 aliphatic rings. The fraction of sp³-hybridized carbons (Fsp3) is 0.600. The largest absolute Gasteiger partial charge is 0.326 e. The van der Waals surface area contributed by atoms with Gasteiger partial charge in [-0.25, -0.2) is 13.1 Å². The summed E-state index contributed by atoms with van der Waals surface area (Å²) in [4.78, 5) is 0.345. The number of benzene rings is 1. The molecular formula is C15H26N2O2S2. The molecule has 1 aromatic carbocycles. The maximum absolute atomic E-state index is 12.4. The molecule has 120 valence electrons. The third-order valence-electron chi connectivity index (χ3n) is 3.46. The molecule has 0 aliphatic heterocycles. The van der Waals surface area contributed by atoms with Crippen LogP contribution in [0.25, 0.3) is 0 Å². The Bertz CT molecular complexity index is 557. The molecule has 1 rings (SSSR count). The lowest BCUT2D eigenvalue weighted by Gasteiger charge is -2.12. The molecule has 1 aromatic rings. The van der Waals surface area contributed by atoms with E-state index in [1.807, 2.05) is 31.7 Å². The van der Waals surface area contributed by atoms with Gasteiger partial charge in [-0.05, 0) is 61.5 Å². The molecule has 0 unspecified atom stereocenters. The standard InChI is InChI=1S/C15H26N2O2S2/c1-12-9-13(2)15(10-14(12)11-16)21(18,19)17-7-5-4-6-8-20-3/h9-10,17H,4-8,11,16H2,1-3H3. The van der Waals surface area contributed by atoms with Crippen LogP contribution in [0, 0.1) is 13.8 Å². The Kier molecular flexibility index (Phi) is 7.73. The lowest BCUT2D eigenvalue weighted by Crippen LogP contribution is -2.26. The normalized spacial score (nSPS) is 11.8. The smallest absolute Gasteiger partial charge is 0.240 e. The summed E-state index contributed by atoms with van der Waals surface area (Å²) in [5.41, 5.74) is 8.34. The van der Waals surface area contributed by atoms with E-state index in [0.29, 0.717) is 18.0 Å². The fourth-order valence-corrected chi connectivity index (χ4v) is 4.06. The number of rotatable bonds is 9. The summed E-state index contributed by atoms with van der Waals surface area (Å²) in [5.74, 6) is 1.13. The molecule has 0 saturated heterocycles. The van der Waals surface area contributed by atoms with Gasteiger partial charge in [-0.1, -0.05) is 12.5 Å². The minimum Gasteiger partial charge on any atom is -0.326 e. The number of sulfonamides is 1. The number of aryl methyl sites for hydroxylation is 2. The van der Waals surface area contributed by atoms with E-state index in [1.54, 1.807) is 6.07 Å². The van der Waals surface area contributed by atoms with E-state index in [2.05, 4.69) is 11.0 Å². The molecule has 3 N–H and O–H groups in total. The number of nitrogens with two attached hydrogens (primary N) is 1. The van der Waals surface area contributed by atoms with Crippen molar-refractivity contribution in [2.24, 2.45) is 5.73 Å². The highest BCUT2D eigenvalue weighted by Gasteiger charge is 2.17. The van der Waals surface area contributed by atoms with Gasteiger partial charge in [-0.15, -0.1) is 0 Å². The van der Waals surface area contributed by atoms with Crippen LogP contribution in [0.2, 0.25) is 0 Å². The minimum atomic E-state index is -3.44. The number of unbranched alkanes of at least 4 members (excludes halogenated alkanes) is 2. The van der Waals surface area contributed by atoms with Gasteiger partial charge in [0.1, 0.15) is 0 Å². The second kappa shape index (κ2) is 8.78. The van der Waals surface area contributed by atoms with Crippen LogP contribution in [-0.4, -0.2) is 27.0 Å². The van der Waals surface area contributed by atoms with Crippen LogP contribution in [0.4, 0.5) is 0 Å². The summed E-state index contributed by atoms with van der Waals surface area (Å²) in [7, 11) is -3.44. The molecule has 0 heterocycles. The maximum atomic E-state index is 12.4. The molecule has 0 aromatic heterocycles. The molecule has 0 bridgehead atoms. The quantitative estimate of drug-likeness (QED) is 0.683. The Labute approximate surface area is 132 Å². The molecule has 0 amide bonds. The minimum absolute atomic E-state index is 0.345. The zero-order chi connectivity index (χ0) is 15.9. The van der Waals surface area contributed by atoms with Crippen LogP contribution in [0.3, 0.4) is 0 Å². The highest BCUT2D eigenvalue weighted by molar-refractivity contribution is 7.98. The number of nitrogens with one attached hydrogen (secondary N) is 1. The van der Waals surface area contributed by atoms with Gasteiger partial charge in [0, 0.05) is 13.1 Å². The van der Waals surface area contributed by atoms with Gasteiger partial charge in [-0.3, -0.25) is 0 Å². The Hall–Kier alpha value is -0.560. The van der Waals surface area contributed by atoms with Gasteiger partial charge < -0.3 is 5.73 Å². The Morgan fingerprint density at radius 3 is 2.48 bits per heavy atom. The topological polar surface area (TPSA) is 72.2 Å². The van der Waals surface area contributed by atoms with Gasteiger partial charge in [0.15, 0.2) is 0 Å². The summed E-state index contributed by atoms with van der Waals surface area (Å²) in [5, 5.41) is 0. The van der Waals surface area contributed by atoms with Gasteiger partial charge >= 0.3 is 0 Å². The molecule has 21 heavy (non-hydrogen) atoms. The van der Waals surface area contributed by atoms with Crippen LogP contribution in [-0.2, 0) is 16.6 Å². The van der Waals surface area contributed by atoms with Crippen molar-refractivity contribution in [1.29, 1.82) is 0 Å². The van der Waals surface area contributed by atoms with Crippen molar-refractivity contribution in [2.75, 3.05) is 18.6 Å². The van der Waals surface area contributed by atoms with Crippen molar-refractivity contribution >= 4 is 21.8 Å². The van der Waals surface area contributed by atoms with Crippen LogP contribution >= 0.6 is 11.8 Å². The van der Waals surface area contributed by atoms with Gasteiger partial charge in [-0.2, -0.15) is 11.8 Å². The van der Waals surface area contributed by atoms with Crippen molar-refractivity contribution in [3.63, 3.8) is 0 Å². The highest BCUT2D eigenvalue weighted by Crippen LogP contribution is 2.20. The fourth-order valence-electron chi connectivity index (χ4n) is 2.22. The first-order valence-corrected chi connectivity index (χ1v) is 10.1. The lowest BCUT2D eigenvalue weighted by molar-refractivity contribution is 0.575. The highest BCUT2D eigenvalue weighted by atomic mass is 32.2.